The fourth-order valence-electron chi connectivity index (χ4n) is 3.36. The van der Waals surface area contributed by atoms with Gasteiger partial charge in [0.25, 0.3) is 0 Å². The number of benzene rings is 2. The van der Waals surface area contributed by atoms with Crippen LogP contribution in [-0.4, -0.2) is 41.2 Å². The Morgan fingerprint density at radius 1 is 1.10 bits per heavy atom. The van der Waals surface area contributed by atoms with Crippen LogP contribution in [0.15, 0.2) is 54.6 Å². The van der Waals surface area contributed by atoms with Crippen molar-refractivity contribution in [3.63, 3.8) is 0 Å². The van der Waals surface area contributed by atoms with Crippen molar-refractivity contribution in [3.05, 3.63) is 65.7 Å². The first-order chi connectivity index (χ1) is 14.0. The summed E-state index contributed by atoms with van der Waals surface area (Å²) < 4.78 is 5.20. The molecule has 0 radical (unpaired) electrons. The van der Waals surface area contributed by atoms with Crippen molar-refractivity contribution in [3.8, 4) is 5.75 Å². The minimum absolute atomic E-state index is 0.0275. The number of amides is 2. The smallest absolute Gasteiger partial charge is 0.318 e. The molecule has 1 atom stereocenters. The lowest BCUT2D eigenvalue weighted by Crippen LogP contribution is -2.46. The first kappa shape index (κ1) is 20.7. The number of carboxylic acid groups (broad SMARTS) is 1. The Balaban J connectivity index is 1.66. The van der Waals surface area contributed by atoms with Crippen molar-refractivity contribution >= 4 is 12.0 Å². The van der Waals surface area contributed by atoms with Gasteiger partial charge < -0.3 is 20.1 Å². The van der Waals surface area contributed by atoms with Crippen molar-refractivity contribution in [2.75, 3.05) is 7.11 Å². The van der Waals surface area contributed by atoms with Crippen molar-refractivity contribution in [2.45, 2.75) is 50.7 Å². The Morgan fingerprint density at radius 2 is 1.79 bits per heavy atom. The number of hydrogen-bond donors (Lipinski definition) is 2. The Kier molecular flexibility index (Phi) is 7.11. The molecule has 2 amide bonds. The summed E-state index contributed by atoms with van der Waals surface area (Å²) in [5.41, 5.74) is 2.12. The van der Waals surface area contributed by atoms with E-state index in [1.165, 1.54) is 0 Å². The summed E-state index contributed by atoms with van der Waals surface area (Å²) in [6.07, 6.45) is 3.04. The molecule has 2 aromatic rings. The van der Waals surface area contributed by atoms with Gasteiger partial charge in [-0.05, 0) is 48.9 Å². The zero-order chi connectivity index (χ0) is 20.6. The molecule has 0 aromatic heterocycles. The number of ether oxygens (including phenoxy) is 1. The lowest BCUT2D eigenvalue weighted by molar-refractivity contribution is -0.137. The van der Waals surface area contributed by atoms with E-state index in [1.807, 2.05) is 59.5 Å². The van der Waals surface area contributed by atoms with Gasteiger partial charge in [-0.15, -0.1) is 0 Å². The van der Waals surface area contributed by atoms with Crippen LogP contribution in [0.4, 0.5) is 4.79 Å². The molecule has 0 aliphatic heterocycles. The summed E-state index contributed by atoms with van der Waals surface area (Å²) in [6, 6.07) is 17.4. The Morgan fingerprint density at radius 3 is 2.38 bits per heavy atom. The fraction of sp³-hybridized carbons (Fsp3) is 0.391. The van der Waals surface area contributed by atoms with E-state index in [2.05, 4.69) is 5.32 Å². The molecule has 2 N–H and O–H groups in total. The van der Waals surface area contributed by atoms with Gasteiger partial charge in [0.1, 0.15) is 5.75 Å². The number of carbonyl (C=O) groups is 2. The number of carbonyl (C=O) groups excluding carboxylic acids is 1. The number of urea groups is 1. The van der Waals surface area contributed by atoms with E-state index in [0.29, 0.717) is 19.4 Å². The lowest BCUT2D eigenvalue weighted by Gasteiger charge is -2.27. The van der Waals surface area contributed by atoms with Crippen LogP contribution in [-0.2, 0) is 17.8 Å². The number of carboxylic acids is 1. The average molecular weight is 396 g/mol. The van der Waals surface area contributed by atoms with Gasteiger partial charge in [-0.1, -0.05) is 42.5 Å². The van der Waals surface area contributed by atoms with Crippen LogP contribution in [0.2, 0.25) is 0 Å². The quantitative estimate of drug-likeness (QED) is 0.639. The molecule has 6 nitrogen and oxygen atoms in total. The molecule has 0 heterocycles. The van der Waals surface area contributed by atoms with Gasteiger partial charge in [-0.3, -0.25) is 4.79 Å². The maximum absolute atomic E-state index is 13.0. The van der Waals surface area contributed by atoms with E-state index in [0.717, 1.165) is 29.7 Å². The highest BCUT2D eigenvalue weighted by molar-refractivity contribution is 5.75. The van der Waals surface area contributed by atoms with E-state index < -0.39 is 5.97 Å². The summed E-state index contributed by atoms with van der Waals surface area (Å²) in [4.78, 5) is 26.0. The molecule has 29 heavy (non-hydrogen) atoms. The van der Waals surface area contributed by atoms with Crippen molar-refractivity contribution in [1.82, 2.24) is 10.2 Å². The van der Waals surface area contributed by atoms with Gasteiger partial charge in [0, 0.05) is 25.0 Å². The van der Waals surface area contributed by atoms with Crippen LogP contribution >= 0.6 is 0 Å². The normalized spacial score (nSPS) is 14.1. The van der Waals surface area contributed by atoms with Crippen LogP contribution in [0.5, 0.6) is 5.75 Å². The molecule has 2 aromatic carbocycles. The average Bonchev–Trinajstić information content (AvgIpc) is 3.56. The largest absolute Gasteiger partial charge is 0.497 e. The standard InChI is InChI=1S/C23H28N2O4/c1-29-21-12-7-18(8-13-21)16-25(20-10-11-20)23(28)24-19(9-14-22(26)27)15-17-5-3-2-4-6-17/h2-8,12-13,19-20H,9-11,14-16H2,1H3,(H,24,28)(H,26,27). The van der Waals surface area contributed by atoms with Crippen molar-refractivity contribution < 1.29 is 19.4 Å². The Bertz CT molecular complexity index is 803. The number of rotatable bonds is 10. The lowest BCUT2D eigenvalue weighted by atomic mass is 10.0. The topological polar surface area (TPSA) is 78.9 Å². The predicted molar refractivity (Wildman–Crippen MR) is 111 cm³/mol. The van der Waals surface area contributed by atoms with Crippen LogP contribution in [0.3, 0.4) is 0 Å². The SMILES string of the molecule is COc1ccc(CN(C(=O)NC(CCC(=O)O)Cc2ccccc2)C2CC2)cc1. The van der Waals surface area contributed by atoms with Crippen molar-refractivity contribution in [2.24, 2.45) is 0 Å². The number of methoxy groups -OCH3 is 1. The summed E-state index contributed by atoms with van der Waals surface area (Å²) in [7, 11) is 1.63. The zero-order valence-corrected chi connectivity index (χ0v) is 16.7. The Labute approximate surface area is 171 Å². The highest BCUT2D eigenvalue weighted by Crippen LogP contribution is 2.29. The first-order valence-corrected chi connectivity index (χ1v) is 10.0. The van der Waals surface area contributed by atoms with E-state index in [9.17, 15) is 9.59 Å². The molecule has 154 valence electrons. The maximum Gasteiger partial charge on any atom is 0.318 e. The van der Waals surface area contributed by atoms with Crippen molar-refractivity contribution in [1.29, 1.82) is 0 Å². The van der Waals surface area contributed by atoms with Gasteiger partial charge in [0.2, 0.25) is 0 Å². The van der Waals surface area contributed by atoms with Gasteiger partial charge in [0.05, 0.1) is 7.11 Å². The van der Waals surface area contributed by atoms with Crippen LogP contribution in [0.1, 0.15) is 36.8 Å². The molecule has 1 saturated carbocycles. The van der Waals surface area contributed by atoms with E-state index in [4.69, 9.17) is 9.84 Å². The third-order valence-electron chi connectivity index (χ3n) is 5.12. The highest BCUT2D eigenvalue weighted by Gasteiger charge is 2.33. The number of nitrogens with one attached hydrogen (secondary N) is 1. The van der Waals surface area contributed by atoms with Crippen LogP contribution < -0.4 is 10.1 Å². The van der Waals surface area contributed by atoms with Crippen LogP contribution in [0.25, 0.3) is 0 Å². The predicted octanol–water partition coefficient (Wildman–Crippen LogP) is 3.85. The minimum atomic E-state index is -0.852. The summed E-state index contributed by atoms with van der Waals surface area (Å²) >= 11 is 0. The third-order valence-corrected chi connectivity index (χ3v) is 5.12. The van der Waals surface area contributed by atoms with Gasteiger partial charge in [0.15, 0.2) is 0 Å². The molecule has 0 saturated heterocycles. The minimum Gasteiger partial charge on any atom is -0.497 e. The number of aliphatic carboxylic acids is 1. The summed E-state index contributed by atoms with van der Waals surface area (Å²) in [6.45, 7) is 0.525. The summed E-state index contributed by atoms with van der Waals surface area (Å²) in [5, 5.41) is 12.2. The molecular formula is C23H28N2O4. The second-order valence-corrected chi connectivity index (χ2v) is 7.48. The van der Waals surface area contributed by atoms with E-state index in [-0.39, 0.29) is 24.5 Å². The molecular weight excluding hydrogens is 368 g/mol. The number of hydrogen-bond acceptors (Lipinski definition) is 3. The molecule has 1 fully saturated rings. The van der Waals surface area contributed by atoms with Gasteiger partial charge in [-0.2, -0.15) is 0 Å². The fourth-order valence-corrected chi connectivity index (χ4v) is 3.36. The molecule has 3 rings (SSSR count). The second-order valence-electron chi connectivity index (χ2n) is 7.48. The summed E-state index contributed by atoms with van der Waals surface area (Å²) in [5.74, 6) is -0.0673. The van der Waals surface area contributed by atoms with Gasteiger partial charge >= 0.3 is 12.0 Å². The molecule has 1 aliphatic carbocycles. The third kappa shape index (κ3) is 6.52. The Hall–Kier alpha value is -3.02. The van der Waals surface area contributed by atoms with Gasteiger partial charge in [-0.25, -0.2) is 4.79 Å². The molecule has 6 heteroatoms. The molecule has 1 aliphatic rings. The monoisotopic (exact) mass is 396 g/mol. The highest BCUT2D eigenvalue weighted by atomic mass is 16.5. The molecule has 1 unspecified atom stereocenters. The van der Waals surface area contributed by atoms with E-state index >= 15 is 0 Å². The van der Waals surface area contributed by atoms with E-state index in [1.54, 1.807) is 7.11 Å². The van der Waals surface area contributed by atoms with Crippen LogP contribution in [0, 0.1) is 0 Å². The molecule has 0 spiro atoms. The zero-order valence-electron chi connectivity index (χ0n) is 16.7. The second kappa shape index (κ2) is 9.96. The maximum atomic E-state index is 13.0. The molecule has 0 bridgehead atoms. The first-order valence-electron chi connectivity index (χ1n) is 10.0. The number of nitrogens with zero attached hydrogens (tertiary/aromatic N) is 1.